The van der Waals surface area contributed by atoms with Crippen LogP contribution < -0.4 is 5.32 Å². The molecule has 1 unspecified atom stereocenters. The molecule has 1 atom stereocenters. The first-order chi connectivity index (χ1) is 8.16. The van der Waals surface area contributed by atoms with Crippen molar-refractivity contribution in [1.29, 1.82) is 0 Å². The largest absolute Gasteiger partial charge is 0.362 e. The minimum absolute atomic E-state index is 0.597. The van der Waals surface area contributed by atoms with Gasteiger partial charge < -0.3 is 5.32 Å². The number of aryl methyl sites for hydroxylation is 1. The first-order valence-electron chi connectivity index (χ1n) is 6.13. The van der Waals surface area contributed by atoms with E-state index in [1.165, 1.54) is 22.6 Å². The predicted molar refractivity (Wildman–Crippen MR) is 79.0 cm³/mol. The first-order valence-corrected chi connectivity index (χ1v) is 8.00. The lowest BCUT2D eigenvalue weighted by molar-refractivity contribution is 0.442. The van der Waals surface area contributed by atoms with Crippen molar-refractivity contribution >= 4 is 28.3 Å². The van der Waals surface area contributed by atoms with E-state index in [0.29, 0.717) is 12.0 Å². The van der Waals surface area contributed by atoms with Crippen molar-refractivity contribution in [3.8, 4) is 0 Å². The number of nitrogens with one attached hydrogen (secondary N) is 1. The van der Waals surface area contributed by atoms with E-state index in [1.54, 1.807) is 11.3 Å². The Morgan fingerprint density at radius 3 is 3.00 bits per heavy atom. The van der Waals surface area contributed by atoms with Crippen LogP contribution in [-0.4, -0.2) is 17.0 Å². The summed E-state index contributed by atoms with van der Waals surface area (Å²) in [5.74, 6) is 1.88. The van der Waals surface area contributed by atoms with Gasteiger partial charge in [-0.2, -0.15) is 0 Å². The molecule has 0 amide bonds. The number of aliphatic imine (C=N–C) groups is 1. The zero-order chi connectivity index (χ0) is 12.3. The summed E-state index contributed by atoms with van der Waals surface area (Å²) in [4.78, 5) is 6.08. The monoisotopic (exact) mass is 268 g/mol. The van der Waals surface area contributed by atoms with Crippen molar-refractivity contribution in [2.45, 2.75) is 39.8 Å². The van der Waals surface area contributed by atoms with E-state index >= 15 is 0 Å². The molecular formula is C13H20N2S2. The summed E-state index contributed by atoms with van der Waals surface area (Å²) in [6.07, 6.45) is 1.25. The number of hydrogen-bond acceptors (Lipinski definition) is 3. The average molecular weight is 268 g/mol. The van der Waals surface area contributed by atoms with Crippen molar-refractivity contribution < 1.29 is 0 Å². The van der Waals surface area contributed by atoms with Gasteiger partial charge in [0.05, 0.1) is 6.54 Å². The van der Waals surface area contributed by atoms with Gasteiger partial charge in [-0.25, -0.2) is 0 Å². The predicted octanol–water partition coefficient (Wildman–Crippen LogP) is 3.66. The molecule has 0 bridgehead atoms. The molecule has 1 aliphatic rings. The van der Waals surface area contributed by atoms with Crippen LogP contribution in [0.4, 0.5) is 0 Å². The van der Waals surface area contributed by atoms with Gasteiger partial charge in [-0.15, -0.1) is 11.3 Å². The van der Waals surface area contributed by atoms with E-state index in [0.717, 1.165) is 11.7 Å². The van der Waals surface area contributed by atoms with Gasteiger partial charge in [0.25, 0.3) is 0 Å². The molecule has 4 heteroatoms. The number of rotatable bonds is 3. The minimum atomic E-state index is 0.597. The summed E-state index contributed by atoms with van der Waals surface area (Å²) in [5, 5.41) is 6.82. The van der Waals surface area contributed by atoms with Crippen LogP contribution in [0.5, 0.6) is 0 Å². The molecule has 17 heavy (non-hydrogen) atoms. The first kappa shape index (κ1) is 13.0. The van der Waals surface area contributed by atoms with E-state index in [4.69, 9.17) is 4.99 Å². The minimum Gasteiger partial charge on any atom is -0.362 e. The van der Waals surface area contributed by atoms with Crippen LogP contribution in [0, 0.1) is 12.8 Å². The van der Waals surface area contributed by atoms with Gasteiger partial charge in [0.2, 0.25) is 0 Å². The SMILES string of the molecule is Cc1ccsc1CN=C1NC(C(C)C)CCS1. The maximum atomic E-state index is 4.70. The third kappa shape index (κ3) is 3.49. The number of nitrogens with zero attached hydrogens (tertiary/aromatic N) is 1. The van der Waals surface area contributed by atoms with Gasteiger partial charge in [0.15, 0.2) is 5.17 Å². The number of amidine groups is 1. The molecule has 0 saturated carbocycles. The molecule has 1 aliphatic heterocycles. The molecule has 0 spiro atoms. The molecule has 1 N–H and O–H groups in total. The Morgan fingerprint density at radius 2 is 2.35 bits per heavy atom. The van der Waals surface area contributed by atoms with Crippen LogP contribution in [0.2, 0.25) is 0 Å². The fourth-order valence-electron chi connectivity index (χ4n) is 1.86. The summed E-state index contributed by atoms with van der Waals surface area (Å²) in [5.41, 5.74) is 1.36. The van der Waals surface area contributed by atoms with Crippen molar-refractivity contribution in [3.05, 3.63) is 21.9 Å². The summed E-state index contributed by atoms with van der Waals surface area (Å²) in [6.45, 7) is 7.53. The molecule has 0 radical (unpaired) electrons. The van der Waals surface area contributed by atoms with Crippen LogP contribution in [0.3, 0.4) is 0 Å². The molecule has 2 rings (SSSR count). The Hall–Kier alpha value is -0.480. The van der Waals surface area contributed by atoms with Crippen LogP contribution in [0.25, 0.3) is 0 Å². The highest BCUT2D eigenvalue weighted by atomic mass is 32.2. The number of hydrogen-bond donors (Lipinski definition) is 1. The lowest BCUT2D eigenvalue weighted by Gasteiger charge is -2.28. The summed E-state index contributed by atoms with van der Waals surface area (Å²) in [6, 6.07) is 2.76. The van der Waals surface area contributed by atoms with Gasteiger partial charge in [-0.05, 0) is 36.3 Å². The van der Waals surface area contributed by atoms with Crippen LogP contribution in [0.1, 0.15) is 30.7 Å². The van der Waals surface area contributed by atoms with Crippen molar-refractivity contribution in [1.82, 2.24) is 5.32 Å². The lowest BCUT2D eigenvalue weighted by Crippen LogP contribution is -2.41. The topological polar surface area (TPSA) is 24.4 Å². The Bertz CT molecular complexity index is 396. The molecule has 0 aliphatic carbocycles. The van der Waals surface area contributed by atoms with Gasteiger partial charge in [0, 0.05) is 16.7 Å². The van der Waals surface area contributed by atoms with Gasteiger partial charge in [-0.1, -0.05) is 25.6 Å². The summed E-state index contributed by atoms with van der Waals surface area (Å²) >= 11 is 3.66. The lowest BCUT2D eigenvalue weighted by atomic mass is 10.0. The highest BCUT2D eigenvalue weighted by Crippen LogP contribution is 2.21. The van der Waals surface area contributed by atoms with Gasteiger partial charge in [0.1, 0.15) is 0 Å². The molecule has 1 aromatic heterocycles. The molecule has 1 aromatic rings. The smallest absolute Gasteiger partial charge is 0.157 e. The van der Waals surface area contributed by atoms with Crippen molar-refractivity contribution in [2.75, 3.05) is 5.75 Å². The van der Waals surface area contributed by atoms with Gasteiger partial charge in [-0.3, -0.25) is 4.99 Å². The van der Waals surface area contributed by atoms with E-state index < -0.39 is 0 Å². The Labute approximate surface area is 112 Å². The van der Waals surface area contributed by atoms with Crippen LogP contribution in [0.15, 0.2) is 16.4 Å². The molecule has 1 fully saturated rings. The van der Waals surface area contributed by atoms with Crippen molar-refractivity contribution in [3.63, 3.8) is 0 Å². The Balaban J connectivity index is 1.95. The van der Waals surface area contributed by atoms with Crippen LogP contribution in [-0.2, 0) is 6.54 Å². The third-order valence-corrected chi connectivity index (χ3v) is 5.08. The Morgan fingerprint density at radius 1 is 1.53 bits per heavy atom. The molecule has 2 heterocycles. The van der Waals surface area contributed by atoms with E-state index in [2.05, 4.69) is 37.5 Å². The summed E-state index contributed by atoms with van der Waals surface area (Å²) < 4.78 is 0. The maximum absolute atomic E-state index is 4.70. The van der Waals surface area contributed by atoms with E-state index in [1.807, 2.05) is 11.8 Å². The molecule has 2 nitrogen and oxygen atoms in total. The van der Waals surface area contributed by atoms with E-state index in [9.17, 15) is 0 Å². The normalized spacial score (nSPS) is 23.1. The zero-order valence-electron chi connectivity index (χ0n) is 10.7. The molecule has 94 valence electrons. The quantitative estimate of drug-likeness (QED) is 0.904. The molecule has 0 aromatic carbocycles. The molecule has 1 saturated heterocycles. The van der Waals surface area contributed by atoms with Crippen LogP contribution >= 0.6 is 23.1 Å². The second-order valence-corrected chi connectivity index (χ2v) is 6.86. The second-order valence-electron chi connectivity index (χ2n) is 4.78. The standard InChI is InChI=1S/C13H20N2S2/c1-9(2)11-5-7-17-13(15-11)14-8-12-10(3)4-6-16-12/h4,6,9,11H,5,7-8H2,1-3H3,(H,14,15). The maximum Gasteiger partial charge on any atom is 0.157 e. The van der Waals surface area contributed by atoms with Crippen molar-refractivity contribution in [2.24, 2.45) is 10.9 Å². The summed E-state index contributed by atoms with van der Waals surface area (Å²) in [7, 11) is 0. The number of thioether (sulfide) groups is 1. The zero-order valence-corrected chi connectivity index (χ0v) is 12.3. The fourth-order valence-corrected chi connectivity index (χ4v) is 3.64. The average Bonchev–Trinajstić information content (AvgIpc) is 2.72. The number of thiophene rings is 1. The second kappa shape index (κ2) is 5.91. The van der Waals surface area contributed by atoms with E-state index in [-0.39, 0.29) is 0 Å². The van der Waals surface area contributed by atoms with Gasteiger partial charge >= 0.3 is 0 Å². The fraction of sp³-hybridized carbons (Fsp3) is 0.615. The third-order valence-electron chi connectivity index (χ3n) is 3.12. The Kier molecular flexibility index (Phi) is 4.51. The molecular weight excluding hydrogens is 248 g/mol. The highest BCUT2D eigenvalue weighted by molar-refractivity contribution is 8.13. The highest BCUT2D eigenvalue weighted by Gasteiger charge is 2.19.